The van der Waals surface area contributed by atoms with Gasteiger partial charge in [-0.25, -0.2) is 4.98 Å². The molecule has 0 aliphatic heterocycles. The summed E-state index contributed by atoms with van der Waals surface area (Å²) in [5, 5.41) is 2.77. The second-order valence-corrected chi connectivity index (χ2v) is 5.59. The Labute approximate surface area is 144 Å². The van der Waals surface area contributed by atoms with E-state index in [0.29, 0.717) is 17.2 Å². The lowest BCUT2D eigenvalue weighted by Gasteiger charge is -2.13. The van der Waals surface area contributed by atoms with Crippen LogP contribution in [0.5, 0.6) is 0 Å². The van der Waals surface area contributed by atoms with Crippen LogP contribution in [-0.2, 0) is 0 Å². The van der Waals surface area contributed by atoms with Crippen LogP contribution in [0.15, 0.2) is 66.0 Å². The molecule has 3 aromatic heterocycles. The Morgan fingerprint density at radius 1 is 1.08 bits per heavy atom. The van der Waals surface area contributed by atoms with Gasteiger partial charge in [-0.15, -0.1) is 0 Å². The molecule has 7 heteroatoms. The first-order valence-corrected chi connectivity index (χ1v) is 7.62. The van der Waals surface area contributed by atoms with Crippen molar-refractivity contribution in [3.63, 3.8) is 0 Å². The highest BCUT2D eigenvalue weighted by atomic mass is 16.1. The lowest BCUT2D eigenvalue weighted by molar-refractivity contribution is 0.102. The van der Waals surface area contributed by atoms with Gasteiger partial charge in [-0.3, -0.25) is 14.6 Å². The van der Waals surface area contributed by atoms with Crippen LogP contribution in [0.25, 0.3) is 5.82 Å². The minimum Gasteiger partial charge on any atom is -0.378 e. The number of nitrogens with one attached hydrogen (secondary N) is 1. The Hall–Kier alpha value is -3.48. The van der Waals surface area contributed by atoms with Crippen molar-refractivity contribution in [3.05, 3.63) is 77.1 Å². The average molecular weight is 335 g/mol. The Bertz CT molecular complexity index is 928. The molecule has 3 aromatic rings. The van der Waals surface area contributed by atoms with Crippen molar-refractivity contribution in [1.82, 2.24) is 14.5 Å². The van der Waals surface area contributed by atoms with Gasteiger partial charge in [-0.2, -0.15) is 0 Å². The van der Waals surface area contributed by atoms with Gasteiger partial charge < -0.3 is 14.8 Å². The van der Waals surface area contributed by atoms with Crippen LogP contribution in [0.3, 0.4) is 0 Å². The number of hydrogen-bond acceptors (Lipinski definition) is 5. The molecule has 0 saturated heterocycles. The van der Waals surface area contributed by atoms with Gasteiger partial charge in [0.1, 0.15) is 11.5 Å². The Morgan fingerprint density at radius 2 is 1.84 bits per heavy atom. The summed E-state index contributed by atoms with van der Waals surface area (Å²) in [5.41, 5.74) is 1.72. The molecule has 0 aromatic carbocycles. The first-order chi connectivity index (χ1) is 12.0. The Morgan fingerprint density at radius 3 is 2.48 bits per heavy atom. The van der Waals surface area contributed by atoms with Crippen molar-refractivity contribution in [1.29, 1.82) is 0 Å². The van der Waals surface area contributed by atoms with Crippen molar-refractivity contribution >= 4 is 17.3 Å². The predicted octanol–water partition coefficient (Wildman–Crippen LogP) is 1.95. The third-order valence-electron chi connectivity index (χ3n) is 3.56. The molecule has 126 valence electrons. The highest BCUT2D eigenvalue weighted by Crippen LogP contribution is 2.14. The van der Waals surface area contributed by atoms with Crippen molar-refractivity contribution in [2.45, 2.75) is 0 Å². The van der Waals surface area contributed by atoms with Gasteiger partial charge in [-0.05, 0) is 24.3 Å². The maximum atomic E-state index is 12.3. The van der Waals surface area contributed by atoms with Crippen LogP contribution in [0.4, 0.5) is 11.4 Å². The molecule has 0 fully saturated rings. The smallest absolute Gasteiger partial charge is 0.274 e. The van der Waals surface area contributed by atoms with Crippen molar-refractivity contribution < 1.29 is 4.79 Å². The van der Waals surface area contributed by atoms with Crippen LogP contribution in [0.1, 0.15) is 10.5 Å². The number of hydrogen-bond donors (Lipinski definition) is 1. The summed E-state index contributed by atoms with van der Waals surface area (Å²) in [5.74, 6) is 0.340. The van der Waals surface area contributed by atoms with E-state index in [9.17, 15) is 9.59 Å². The normalized spacial score (nSPS) is 10.3. The standard InChI is InChI=1S/C18H17N5O2/c1-22(2)14-5-8-19-16(11-14)18(25)21-13-3-4-17(20-12-13)23-9-6-15(24)7-10-23/h3-12H,1-2H3,(H,21,25). The summed E-state index contributed by atoms with van der Waals surface area (Å²) in [4.78, 5) is 33.7. The monoisotopic (exact) mass is 335 g/mol. The van der Waals surface area contributed by atoms with E-state index in [4.69, 9.17) is 0 Å². The van der Waals surface area contributed by atoms with Crippen LogP contribution in [0, 0.1) is 0 Å². The predicted molar refractivity (Wildman–Crippen MR) is 96.4 cm³/mol. The molecule has 0 radical (unpaired) electrons. The highest BCUT2D eigenvalue weighted by Gasteiger charge is 2.09. The van der Waals surface area contributed by atoms with Gasteiger partial charge in [0.25, 0.3) is 5.91 Å². The second kappa shape index (κ2) is 6.96. The number of pyridine rings is 3. The molecule has 25 heavy (non-hydrogen) atoms. The molecular weight excluding hydrogens is 318 g/mol. The topological polar surface area (TPSA) is 80.1 Å². The number of amides is 1. The Kier molecular flexibility index (Phi) is 4.56. The molecule has 0 aliphatic carbocycles. The molecule has 1 amide bonds. The van der Waals surface area contributed by atoms with Crippen molar-refractivity contribution in [2.24, 2.45) is 0 Å². The molecule has 0 spiro atoms. The number of carbonyl (C=O) groups excluding carboxylic acids is 1. The summed E-state index contributed by atoms with van der Waals surface area (Å²) >= 11 is 0. The summed E-state index contributed by atoms with van der Waals surface area (Å²) in [6.07, 6.45) is 6.43. The zero-order valence-corrected chi connectivity index (χ0v) is 13.9. The zero-order valence-electron chi connectivity index (χ0n) is 13.9. The van der Waals surface area contributed by atoms with Gasteiger partial charge in [0.2, 0.25) is 0 Å². The van der Waals surface area contributed by atoms with E-state index in [1.807, 2.05) is 25.1 Å². The second-order valence-electron chi connectivity index (χ2n) is 5.59. The minimum absolute atomic E-state index is 0.0624. The average Bonchev–Trinajstić information content (AvgIpc) is 2.63. The molecule has 0 unspecified atom stereocenters. The molecule has 0 saturated carbocycles. The molecule has 0 atom stereocenters. The number of aromatic nitrogens is 3. The molecule has 0 bridgehead atoms. The van der Waals surface area contributed by atoms with E-state index in [2.05, 4.69) is 15.3 Å². The molecular formula is C18H17N5O2. The number of rotatable bonds is 4. The number of anilines is 2. The van der Waals surface area contributed by atoms with E-state index >= 15 is 0 Å². The van der Waals surface area contributed by atoms with E-state index < -0.39 is 0 Å². The van der Waals surface area contributed by atoms with Crippen LogP contribution < -0.4 is 15.6 Å². The van der Waals surface area contributed by atoms with E-state index in [1.54, 1.807) is 47.6 Å². The first kappa shape index (κ1) is 16.4. The molecule has 1 N–H and O–H groups in total. The molecule has 0 aliphatic rings. The maximum Gasteiger partial charge on any atom is 0.274 e. The fourth-order valence-corrected chi connectivity index (χ4v) is 2.20. The lowest BCUT2D eigenvalue weighted by atomic mass is 10.3. The van der Waals surface area contributed by atoms with Gasteiger partial charge >= 0.3 is 0 Å². The summed E-state index contributed by atoms with van der Waals surface area (Å²) in [6, 6.07) is 9.97. The van der Waals surface area contributed by atoms with Gasteiger partial charge in [0.05, 0.1) is 11.9 Å². The fraction of sp³-hybridized carbons (Fsp3) is 0.111. The molecule has 3 rings (SSSR count). The quantitative estimate of drug-likeness (QED) is 0.788. The summed E-state index contributed by atoms with van der Waals surface area (Å²) in [7, 11) is 3.80. The van der Waals surface area contributed by atoms with Gasteiger partial charge in [0.15, 0.2) is 5.43 Å². The van der Waals surface area contributed by atoms with Gasteiger partial charge in [-0.1, -0.05) is 0 Å². The van der Waals surface area contributed by atoms with E-state index in [1.165, 1.54) is 12.1 Å². The third kappa shape index (κ3) is 3.89. The third-order valence-corrected chi connectivity index (χ3v) is 3.56. The molecule has 3 heterocycles. The SMILES string of the molecule is CN(C)c1ccnc(C(=O)Nc2ccc(-n3ccc(=O)cc3)nc2)c1. The van der Waals surface area contributed by atoms with Crippen molar-refractivity contribution in [3.8, 4) is 5.82 Å². The fourth-order valence-electron chi connectivity index (χ4n) is 2.20. The Balaban J connectivity index is 1.75. The van der Waals surface area contributed by atoms with Crippen LogP contribution in [-0.4, -0.2) is 34.5 Å². The minimum atomic E-state index is -0.304. The largest absolute Gasteiger partial charge is 0.378 e. The van der Waals surface area contributed by atoms with Gasteiger partial charge in [0, 0.05) is 50.5 Å². The maximum absolute atomic E-state index is 12.3. The van der Waals surface area contributed by atoms with E-state index in [0.717, 1.165) is 5.69 Å². The molecule has 7 nitrogen and oxygen atoms in total. The van der Waals surface area contributed by atoms with Crippen molar-refractivity contribution in [2.75, 3.05) is 24.3 Å². The summed E-state index contributed by atoms with van der Waals surface area (Å²) in [6.45, 7) is 0. The lowest BCUT2D eigenvalue weighted by Crippen LogP contribution is -2.16. The highest BCUT2D eigenvalue weighted by molar-refractivity contribution is 6.03. The number of carbonyl (C=O) groups is 1. The van der Waals surface area contributed by atoms with Crippen LogP contribution >= 0.6 is 0 Å². The van der Waals surface area contributed by atoms with Crippen LogP contribution in [0.2, 0.25) is 0 Å². The number of nitrogens with zero attached hydrogens (tertiary/aromatic N) is 4. The summed E-state index contributed by atoms with van der Waals surface area (Å²) < 4.78 is 1.72. The zero-order chi connectivity index (χ0) is 17.8. The first-order valence-electron chi connectivity index (χ1n) is 7.62. The van der Waals surface area contributed by atoms with E-state index in [-0.39, 0.29) is 11.3 Å².